The number of rotatable bonds is 12. The predicted octanol–water partition coefficient (Wildman–Crippen LogP) is 3.68. The number of amides is 2. The summed E-state index contributed by atoms with van der Waals surface area (Å²) in [5.74, 6) is 0.115. The van der Waals surface area contributed by atoms with Crippen molar-refractivity contribution in [1.82, 2.24) is 10.2 Å². The predicted molar refractivity (Wildman–Crippen MR) is 118 cm³/mol. The third-order valence-electron chi connectivity index (χ3n) is 4.51. The maximum atomic E-state index is 12.9. The van der Waals surface area contributed by atoms with Gasteiger partial charge in [0, 0.05) is 31.3 Å². The van der Waals surface area contributed by atoms with E-state index in [0.29, 0.717) is 37.0 Å². The number of benzene rings is 2. The number of nitrogens with one attached hydrogen (secondary N) is 1. The Morgan fingerprint density at radius 1 is 1.10 bits per heavy atom. The molecule has 0 aliphatic carbocycles. The van der Waals surface area contributed by atoms with Crippen molar-refractivity contribution >= 4 is 23.4 Å². The highest BCUT2D eigenvalue weighted by molar-refractivity contribution is 6.30. The first kappa shape index (κ1) is 23.7. The molecule has 1 N–H and O–H groups in total. The lowest BCUT2D eigenvalue weighted by atomic mass is 10.1. The number of para-hydroxylation sites is 1. The minimum absolute atomic E-state index is 0.153. The summed E-state index contributed by atoms with van der Waals surface area (Å²) in [7, 11) is 0. The average Bonchev–Trinajstić information content (AvgIpc) is 2.77. The van der Waals surface area contributed by atoms with Crippen molar-refractivity contribution in [3.8, 4) is 5.75 Å². The van der Waals surface area contributed by atoms with E-state index in [1.54, 1.807) is 31.2 Å². The van der Waals surface area contributed by atoms with Gasteiger partial charge < -0.3 is 19.7 Å². The minimum atomic E-state index is -0.653. The topological polar surface area (TPSA) is 67.9 Å². The van der Waals surface area contributed by atoms with Gasteiger partial charge in [-0.15, -0.1) is 0 Å². The fourth-order valence-corrected chi connectivity index (χ4v) is 2.92. The fourth-order valence-electron chi connectivity index (χ4n) is 2.79. The van der Waals surface area contributed by atoms with E-state index in [1.807, 2.05) is 37.3 Å². The van der Waals surface area contributed by atoms with Crippen molar-refractivity contribution in [2.45, 2.75) is 32.9 Å². The fraction of sp³-hybridized carbons (Fsp3) is 0.391. The van der Waals surface area contributed by atoms with Gasteiger partial charge in [0.05, 0.1) is 0 Å². The molecule has 30 heavy (non-hydrogen) atoms. The molecule has 0 bridgehead atoms. The van der Waals surface area contributed by atoms with Crippen molar-refractivity contribution in [3.63, 3.8) is 0 Å². The molecule has 1 atom stereocenters. The molecular formula is C23H29ClN2O4. The molecule has 0 saturated heterocycles. The van der Waals surface area contributed by atoms with E-state index in [4.69, 9.17) is 21.1 Å². The van der Waals surface area contributed by atoms with Gasteiger partial charge in [0.1, 0.15) is 11.8 Å². The van der Waals surface area contributed by atoms with Crippen molar-refractivity contribution in [1.29, 1.82) is 0 Å². The first-order chi connectivity index (χ1) is 14.5. The summed E-state index contributed by atoms with van der Waals surface area (Å²) in [6.07, 6.45) is 0.717. The lowest BCUT2D eigenvalue weighted by molar-refractivity contribution is -0.142. The van der Waals surface area contributed by atoms with Gasteiger partial charge in [-0.05, 0) is 50.1 Å². The summed E-state index contributed by atoms with van der Waals surface area (Å²) >= 11 is 5.96. The van der Waals surface area contributed by atoms with Gasteiger partial charge in [0.25, 0.3) is 5.91 Å². The summed E-state index contributed by atoms with van der Waals surface area (Å²) in [6.45, 7) is 5.50. The SMILES string of the molecule is CCOCCCNC(=O)[C@H](C)N(Cc1ccc(Cl)cc1)C(=O)COc1ccccc1. The Hall–Kier alpha value is -2.57. The van der Waals surface area contributed by atoms with Crippen LogP contribution in [0.5, 0.6) is 5.75 Å². The highest BCUT2D eigenvalue weighted by Gasteiger charge is 2.26. The van der Waals surface area contributed by atoms with Crippen LogP contribution in [0.3, 0.4) is 0 Å². The highest BCUT2D eigenvalue weighted by atomic mass is 35.5. The molecule has 2 aromatic carbocycles. The summed E-state index contributed by atoms with van der Waals surface area (Å²) in [6, 6.07) is 15.7. The number of nitrogens with zero attached hydrogens (tertiary/aromatic N) is 1. The molecule has 162 valence electrons. The molecule has 0 heterocycles. The van der Waals surface area contributed by atoms with Gasteiger partial charge in [-0.25, -0.2) is 0 Å². The van der Waals surface area contributed by atoms with Crippen LogP contribution in [0.25, 0.3) is 0 Å². The van der Waals surface area contributed by atoms with Crippen LogP contribution in [0.15, 0.2) is 54.6 Å². The van der Waals surface area contributed by atoms with Gasteiger partial charge in [-0.1, -0.05) is 41.9 Å². The van der Waals surface area contributed by atoms with E-state index >= 15 is 0 Å². The van der Waals surface area contributed by atoms with E-state index in [0.717, 1.165) is 5.56 Å². The van der Waals surface area contributed by atoms with E-state index in [9.17, 15) is 9.59 Å². The van der Waals surface area contributed by atoms with Crippen LogP contribution in [-0.2, 0) is 20.9 Å². The molecule has 6 nitrogen and oxygen atoms in total. The van der Waals surface area contributed by atoms with Crippen LogP contribution in [0.2, 0.25) is 5.02 Å². The van der Waals surface area contributed by atoms with Crippen LogP contribution in [0.4, 0.5) is 0 Å². The summed E-state index contributed by atoms with van der Waals surface area (Å²) < 4.78 is 10.9. The lowest BCUT2D eigenvalue weighted by Crippen LogP contribution is -2.49. The number of hydrogen-bond acceptors (Lipinski definition) is 4. The number of ether oxygens (including phenoxy) is 2. The number of carbonyl (C=O) groups is 2. The van der Waals surface area contributed by atoms with Gasteiger partial charge >= 0.3 is 0 Å². The van der Waals surface area contributed by atoms with Crippen molar-refractivity contribution in [3.05, 3.63) is 65.2 Å². The van der Waals surface area contributed by atoms with Crippen LogP contribution in [0.1, 0.15) is 25.8 Å². The van der Waals surface area contributed by atoms with E-state index in [2.05, 4.69) is 5.32 Å². The summed E-state index contributed by atoms with van der Waals surface area (Å²) in [5.41, 5.74) is 0.878. The molecule has 0 radical (unpaired) electrons. The molecule has 0 unspecified atom stereocenters. The van der Waals surface area contributed by atoms with Crippen molar-refractivity contribution < 1.29 is 19.1 Å². The zero-order chi connectivity index (χ0) is 21.8. The normalized spacial score (nSPS) is 11.6. The second kappa shape index (κ2) is 12.9. The molecule has 0 spiro atoms. The Bertz CT molecular complexity index is 784. The standard InChI is InChI=1S/C23H29ClN2O4/c1-3-29-15-7-14-25-23(28)18(2)26(16-19-10-12-20(24)13-11-19)22(27)17-30-21-8-5-4-6-9-21/h4-6,8-13,18H,3,7,14-17H2,1-2H3,(H,25,28)/t18-/m0/s1. The monoisotopic (exact) mass is 432 g/mol. The van der Waals surface area contributed by atoms with Gasteiger partial charge in [-0.3, -0.25) is 9.59 Å². The van der Waals surface area contributed by atoms with Crippen molar-refractivity contribution in [2.24, 2.45) is 0 Å². The molecule has 0 saturated carbocycles. The lowest BCUT2D eigenvalue weighted by Gasteiger charge is -2.28. The Kier molecular flexibility index (Phi) is 10.2. The maximum Gasteiger partial charge on any atom is 0.261 e. The first-order valence-electron chi connectivity index (χ1n) is 10.1. The third kappa shape index (κ3) is 8.05. The van der Waals surface area contributed by atoms with Gasteiger partial charge in [0.2, 0.25) is 5.91 Å². The molecule has 0 aliphatic rings. The third-order valence-corrected chi connectivity index (χ3v) is 4.76. The number of hydrogen-bond donors (Lipinski definition) is 1. The van der Waals surface area contributed by atoms with Crippen LogP contribution in [-0.4, -0.2) is 49.1 Å². The van der Waals surface area contributed by atoms with E-state index < -0.39 is 6.04 Å². The largest absolute Gasteiger partial charge is 0.484 e. The Morgan fingerprint density at radius 3 is 2.47 bits per heavy atom. The molecular weight excluding hydrogens is 404 g/mol. The molecule has 0 aromatic heterocycles. The molecule has 2 amide bonds. The quantitative estimate of drug-likeness (QED) is 0.519. The number of halogens is 1. The maximum absolute atomic E-state index is 12.9. The van der Waals surface area contributed by atoms with Crippen LogP contribution < -0.4 is 10.1 Å². The second-order valence-electron chi connectivity index (χ2n) is 6.77. The highest BCUT2D eigenvalue weighted by Crippen LogP contribution is 2.15. The molecule has 0 fully saturated rings. The van der Waals surface area contributed by atoms with Crippen LogP contribution in [0, 0.1) is 0 Å². The average molecular weight is 433 g/mol. The number of carbonyl (C=O) groups excluding carboxylic acids is 2. The minimum Gasteiger partial charge on any atom is -0.484 e. The zero-order valence-electron chi connectivity index (χ0n) is 17.5. The first-order valence-corrected chi connectivity index (χ1v) is 10.5. The molecule has 0 aliphatic heterocycles. The smallest absolute Gasteiger partial charge is 0.261 e. The Labute approximate surface area is 183 Å². The second-order valence-corrected chi connectivity index (χ2v) is 7.20. The van der Waals surface area contributed by atoms with Gasteiger partial charge in [0.15, 0.2) is 6.61 Å². The zero-order valence-corrected chi connectivity index (χ0v) is 18.2. The summed E-state index contributed by atoms with van der Waals surface area (Å²) in [5, 5.41) is 3.49. The van der Waals surface area contributed by atoms with E-state index in [-0.39, 0.29) is 25.0 Å². The van der Waals surface area contributed by atoms with E-state index in [1.165, 1.54) is 4.90 Å². The Balaban J connectivity index is 2.02. The Morgan fingerprint density at radius 2 is 1.80 bits per heavy atom. The van der Waals surface area contributed by atoms with Crippen LogP contribution >= 0.6 is 11.6 Å². The summed E-state index contributed by atoms with van der Waals surface area (Å²) in [4.78, 5) is 27.1. The molecule has 2 rings (SSSR count). The molecule has 7 heteroatoms. The van der Waals surface area contributed by atoms with Crippen molar-refractivity contribution in [2.75, 3.05) is 26.4 Å². The molecule has 2 aromatic rings. The van der Waals surface area contributed by atoms with Gasteiger partial charge in [-0.2, -0.15) is 0 Å².